The van der Waals surface area contributed by atoms with E-state index in [0.717, 1.165) is 50.8 Å². The highest BCUT2D eigenvalue weighted by molar-refractivity contribution is 5.82. The van der Waals surface area contributed by atoms with Gasteiger partial charge in [-0.05, 0) is 68.4 Å². The average Bonchev–Trinajstić information content (AvgIpc) is 3.54. The molecule has 1 aromatic carbocycles. The number of carbonyl (C=O) groups excluding carboxylic acids is 1. The topological polar surface area (TPSA) is 95.5 Å². The van der Waals surface area contributed by atoms with Crippen molar-refractivity contribution in [2.45, 2.75) is 88.4 Å². The summed E-state index contributed by atoms with van der Waals surface area (Å²) in [5, 5.41) is 14.5. The van der Waals surface area contributed by atoms with E-state index < -0.39 is 12.1 Å². The first-order valence-electron chi connectivity index (χ1n) is 13.9. The summed E-state index contributed by atoms with van der Waals surface area (Å²) in [5.74, 6) is -0.624. The predicted octanol–water partition coefficient (Wildman–Crippen LogP) is 5.91. The summed E-state index contributed by atoms with van der Waals surface area (Å²) < 4.78 is 38.3. The van der Waals surface area contributed by atoms with E-state index in [-0.39, 0.29) is 17.9 Å². The van der Waals surface area contributed by atoms with Gasteiger partial charge in [-0.15, -0.1) is 0 Å². The summed E-state index contributed by atoms with van der Waals surface area (Å²) in [6.07, 6.45) is 5.95. The van der Waals surface area contributed by atoms with Crippen LogP contribution in [0.5, 0.6) is 0 Å². The van der Waals surface area contributed by atoms with Crippen molar-refractivity contribution in [1.29, 1.82) is 0 Å². The Hall–Kier alpha value is -2.88. The van der Waals surface area contributed by atoms with Crippen molar-refractivity contribution in [3.05, 3.63) is 53.9 Å². The van der Waals surface area contributed by atoms with Gasteiger partial charge in [0.25, 0.3) is 0 Å². The van der Waals surface area contributed by atoms with Gasteiger partial charge in [-0.1, -0.05) is 43.7 Å². The summed E-state index contributed by atoms with van der Waals surface area (Å²) in [6, 6.07) is 13.1. The van der Waals surface area contributed by atoms with Gasteiger partial charge in [0.05, 0.1) is 18.8 Å². The zero-order valence-corrected chi connectivity index (χ0v) is 22.3. The minimum atomic E-state index is -5.08. The van der Waals surface area contributed by atoms with Crippen LogP contribution in [0.25, 0.3) is 0 Å². The van der Waals surface area contributed by atoms with E-state index in [1.54, 1.807) is 0 Å². The van der Waals surface area contributed by atoms with Gasteiger partial charge >= 0.3 is 12.1 Å². The van der Waals surface area contributed by atoms with Crippen LogP contribution in [0.2, 0.25) is 0 Å². The SMILES string of the molecule is CC[C@@H]1C[C@H]1C(=O)N1CCC[C@H](c2ccn[nH]2)[C@@H]1CO[C@H]1CC[C@@H](c2ccccc2)CC1.O=C(O)C(F)(F)F. The number of piperidine rings is 1. The Morgan fingerprint density at radius 2 is 1.79 bits per heavy atom. The van der Waals surface area contributed by atoms with E-state index in [1.165, 1.54) is 18.4 Å². The molecule has 10 heteroatoms. The molecule has 3 aliphatic rings. The number of nitrogens with one attached hydrogen (secondary N) is 1. The molecule has 5 rings (SSSR count). The second-order valence-electron chi connectivity index (χ2n) is 10.9. The molecule has 2 aromatic rings. The number of rotatable bonds is 7. The number of amides is 1. The summed E-state index contributed by atoms with van der Waals surface area (Å²) >= 11 is 0. The maximum Gasteiger partial charge on any atom is 0.490 e. The zero-order chi connectivity index (χ0) is 28.0. The molecule has 3 fully saturated rings. The van der Waals surface area contributed by atoms with Crippen LogP contribution in [-0.2, 0) is 14.3 Å². The number of carboxylic acids is 1. The lowest BCUT2D eigenvalue weighted by Crippen LogP contribution is -2.51. The van der Waals surface area contributed by atoms with E-state index in [2.05, 4.69) is 58.4 Å². The maximum atomic E-state index is 13.4. The van der Waals surface area contributed by atoms with E-state index in [4.69, 9.17) is 14.6 Å². The fourth-order valence-electron chi connectivity index (χ4n) is 6.11. The molecule has 0 unspecified atom stereocenters. The number of aliphatic carboxylic acids is 1. The Kier molecular flexibility index (Phi) is 9.69. The van der Waals surface area contributed by atoms with Crippen LogP contribution in [0, 0.1) is 11.8 Å². The van der Waals surface area contributed by atoms with Crippen LogP contribution in [0.3, 0.4) is 0 Å². The molecule has 214 valence electrons. The maximum absolute atomic E-state index is 13.4. The first-order chi connectivity index (χ1) is 18.7. The largest absolute Gasteiger partial charge is 0.490 e. The van der Waals surface area contributed by atoms with Gasteiger partial charge < -0.3 is 14.7 Å². The van der Waals surface area contributed by atoms with Crippen LogP contribution in [0.4, 0.5) is 13.2 Å². The molecule has 1 aromatic heterocycles. The second kappa shape index (κ2) is 13.0. The smallest absolute Gasteiger partial charge is 0.475 e. The average molecular weight is 550 g/mol. The molecule has 2 aliphatic carbocycles. The third kappa shape index (κ3) is 7.62. The molecule has 7 nitrogen and oxygen atoms in total. The third-order valence-electron chi connectivity index (χ3n) is 8.44. The van der Waals surface area contributed by atoms with Crippen molar-refractivity contribution in [2.75, 3.05) is 13.2 Å². The molecule has 2 heterocycles. The first kappa shape index (κ1) is 29.1. The molecular weight excluding hydrogens is 511 g/mol. The second-order valence-corrected chi connectivity index (χ2v) is 10.9. The van der Waals surface area contributed by atoms with Crippen molar-refractivity contribution < 1.29 is 32.6 Å². The minimum absolute atomic E-state index is 0.113. The highest BCUT2D eigenvalue weighted by atomic mass is 19.4. The Labute approximate surface area is 227 Å². The van der Waals surface area contributed by atoms with E-state index >= 15 is 0 Å². The minimum Gasteiger partial charge on any atom is -0.475 e. The number of hydrogen-bond acceptors (Lipinski definition) is 4. The quantitative estimate of drug-likeness (QED) is 0.448. The van der Waals surface area contributed by atoms with Gasteiger partial charge in [-0.3, -0.25) is 9.89 Å². The normalized spacial score (nSPS) is 28.8. The van der Waals surface area contributed by atoms with E-state index in [0.29, 0.717) is 30.5 Å². The van der Waals surface area contributed by atoms with Gasteiger partial charge in [0.15, 0.2) is 0 Å². The van der Waals surface area contributed by atoms with Gasteiger partial charge in [-0.2, -0.15) is 18.3 Å². The number of nitrogens with zero attached hydrogens (tertiary/aromatic N) is 2. The number of benzene rings is 1. The monoisotopic (exact) mass is 549 g/mol. The zero-order valence-electron chi connectivity index (χ0n) is 22.3. The molecule has 0 radical (unpaired) electrons. The van der Waals surface area contributed by atoms with Gasteiger partial charge in [0, 0.05) is 30.3 Å². The van der Waals surface area contributed by atoms with Crippen molar-refractivity contribution in [1.82, 2.24) is 15.1 Å². The van der Waals surface area contributed by atoms with Gasteiger partial charge in [0.1, 0.15) is 0 Å². The highest BCUT2D eigenvalue weighted by Gasteiger charge is 2.47. The lowest BCUT2D eigenvalue weighted by atomic mass is 9.82. The fraction of sp³-hybridized carbons (Fsp3) is 0.621. The van der Waals surface area contributed by atoms with Crippen LogP contribution in [0.15, 0.2) is 42.6 Å². The van der Waals surface area contributed by atoms with E-state index in [1.807, 2.05) is 6.20 Å². The van der Waals surface area contributed by atoms with Crippen molar-refractivity contribution in [3.8, 4) is 0 Å². The summed E-state index contributed by atoms with van der Waals surface area (Å²) in [7, 11) is 0. The van der Waals surface area contributed by atoms with Crippen LogP contribution < -0.4 is 0 Å². The molecule has 2 N–H and O–H groups in total. The molecule has 39 heavy (non-hydrogen) atoms. The van der Waals surface area contributed by atoms with Crippen molar-refractivity contribution in [2.24, 2.45) is 11.8 Å². The van der Waals surface area contributed by atoms with Crippen LogP contribution >= 0.6 is 0 Å². The molecular formula is C29H38F3N3O4. The van der Waals surface area contributed by atoms with Gasteiger partial charge in [0.2, 0.25) is 5.91 Å². The van der Waals surface area contributed by atoms with Crippen LogP contribution in [-0.4, -0.2) is 63.6 Å². The molecule has 2 saturated carbocycles. The van der Waals surface area contributed by atoms with E-state index in [9.17, 15) is 18.0 Å². The number of likely N-dealkylation sites (tertiary alicyclic amines) is 1. The molecule has 0 bridgehead atoms. The molecule has 1 saturated heterocycles. The van der Waals surface area contributed by atoms with Crippen molar-refractivity contribution >= 4 is 11.9 Å². The summed E-state index contributed by atoms with van der Waals surface area (Å²) in [4.78, 5) is 24.4. The number of aromatic nitrogens is 2. The first-order valence-corrected chi connectivity index (χ1v) is 13.9. The third-order valence-corrected chi connectivity index (χ3v) is 8.44. The molecule has 4 atom stereocenters. The number of ether oxygens (including phenoxy) is 1. The lowest BCUT2D eigenvalue weighted by molar-refractivity contribution is -0.192. The lowest BCUT2D eigenvalue weighted by Gasteiger charge is -2.42. The Bertz CT molecular complexity index is 1060. The summed E-state index contributed by atoms with van der Waals surface area (Å²) in [5.41, 5.74) is 2.61. The number of carboxylic acid groups (broad SMARTS) is 1. The standard InChI is InChI=1S/C27H37N3O2.C2HF3O2/c1-2-19-17-24(19)27(31)30-16-6-9-23(25-14-15-28-29-25)26(30)18-32-22-12-10-21(11-13-22)20-7-4-3-5-8-20;3-2(4,5)1(6)7/h3-5,7-8,14-15,19,21-24,26H,2,6,9-13,16-18H2,1H3,(H,28,29);(H,6,7)/t19-,21-,22+,23-,24-,26+;/m1./s1. The number of alkyl halides is 3. The highest BCUT2D eigenvalue weighted by Crippen LogP contribution is 2.44. The molecule has 1 amide bonds. The number of aromatic amines is 1. The Morgan fingerprint density at radius 1 is 1.10 bits per heavy atom. The number of halogens is 3. The van der Waals surface area contributed by atoms with Gasteiger partial charge in [-0.25, -0.2) is 4.79 Å². The van der Waals surface area contributed by atoms with Crippen molar-refractivity contribution in [3.63, 3.8) is 0 Å². The van der Waals surface area contributed by atoms with Crippen LogP contribution in [0.1, 0.15) is 81.4 Å². The number of H-pyrrole nitrogens is 1. The fourth-order valence-corrected chi connectivity index (χ4v) is 6.11. The molecule has 1 aliphatic heterocycles. The number of carbonyl (C=O) groups is 2. The number of hydrogen-bond donors (Lipinski definition) is 2. The Balaban J connectivity index is 0.000000448. The molecule has 0 spiro atoms. The summed E-state index contributed by atoms with van der Waals surface area (Å²) in [6.45, 7) is 3.71. The Morgan fingerprint density at radius 3 is 2.36 bits per heavy atom. The predicted molar refractivity (Wildman–Crippen MR) is 139 cm³/mol.